The Hall–Kier alpha value is -1.88. The lowest BCUT2D eigenvalue weighted by atomic mass is 10.0. The molecule has 110 valence electrons. The number of rotatable bonds is 2. The van der Waals surface area contributed by atoms with E-state index in [2.05, 4.69) is 0 Å². The standard InChI is InChI=1S/C15H10ClF3O2/c16-14(9-5-10(17)15(19)11(18)6-9)8-1-2-12-13(7-8)21-4-3-20-12/h1-2,5-7,14H,3-4H2. The van der Waals surface area contributed by atoms with Crippen LogP contribution in [0.5, 0.6) is 11.5 Å². The van der Waals surface area contributed by atoms with E-state index in [4.69, 9.17) is 21.1 Å². The minimum absolute atomic E-state index is 0.129. The van der Waals surface area contributed by atoms with Crippen molar-refractivity contribution in [1.82, 2.24) is 0 Å². The Morgan fingerprint density at radius 2 is 1.48 bits per heavy atom. The van der Waals surface area contributed by atoms with Gasteiger partial charge in [-0.1, -0.05) is 6.07 Å². The SMILES string of the molecule is Fc1cc(C(Cl)c2ccc3c(c2)OCCO3)cc(F)c1F. The smallest absolute Gasteiger partial charge is 0.194 e. The van der Waals surface area contributed by atoms with E-state index in [-0.39, 0.29) is 5.56 Å². The van der Waals surface area contributed by atoms with E-state index in [1.807, 2.05) is 0 Å². The quantitative estimate of drug-likeness (QED) is 0.611. The molecule has 0 saturated carbocycles. The summed E-state index contributed by atoms with van der Waals surface area (Å²) in [7, 11) is 0. The minimum Gasteiger partial charge on any atom is -0.486 e. The van der Waals surface area contributed by atoms with Crippen molar-refractivity contribution in [3.63, 3.8) is 0 Å². The van der Waals surface area contributed by atoms with Gasteiger partial charge in [-0.15, -0.1) is 11.6 Å². The van der Waals surface area contributed by atoms with Crippen molar-refractivity contribution >= 4 is 11.6 Å². The minimum atomic E-state index is -1.51. The largest absolute Gasteiger partial charge is 0.486 e. The van der Waals surface area contributed by atoms with Crippen LogP contribution in [0, 0.1) is 17.5 Å². The van der Waals surface area contributed by atoms with Gasteiger partial charge < -0.3 is 9.47 Å². The van der Waals surface area contributed by atoms with E-state index in [0.717, 1.165) is 12.1 Å². The molecule has 0 amide bonds. The Balaban J connectivity index is 1.96. The highest BCUT2D eigenvalue weighted by molar-refractivity contribution is 6.22. The van der Waals surface area contributed by atoms with Crippen molar-refractivity contribution in [2.45, 2.75) is 5.38 Å². The average Bonchev–Trinajstić information content (AvgIpc) is 2.51. The number of alkyl halides is 1. The molecule has 0 radical (unpaired) electrons. The van der Waals surface area contributed by atoms with Crippen LogP contribution in [0.1, 0.15) is 16.5 Å². The molecule has 0 fully saturated rings. The summed E-state index contributed by atoms with van der Waals surface area (Å²) in [5.41, 5.74) is 0.705. The van der Waals surface area contributed by atoms with Gasteiger partial charge in [-0.05, 0) is 35.4 Å². The number of fused-ring (bicyclic) bond motifs is 1. The molecule has 1 aliphatic heterocycles. The normalized spacial score (nSPS) is 14.9. The van der Waals surface area contributed by atoms with Crippen LogP contribution in [0.15, 0.2) is 30.3 Å². The lowest BCUT2D eigenvalue weighted by Gasteiger charge is -2.20. The van der Waals surface area contributed by atoms with Crippen molar-refractivity contribution in [3.8, 4) is 11.5 Å². The van der Waals surface area contributed by atoms with Crippen molar-refractivity contribution in [1.29, 1.82) is 0 Å². The van der Waals surface area contributed by atoms with Crippen LogP contribution in [0.4, 0.5) is 13.2 Å². The first-order valence-electron chi connectivity index (χ1n) is 6.24. The highest BCUT2D eigenvalue weighted by Gasteiger charge is 2.20. The summed E-state index contributed by atoms with van der Waals surface area (Å²) in [6.07, 6.45) is 0. The topological polar surface area (TPSA) is 18.5 Å². The Morgan fingerprint density at radius 1 is 0.857 bits per heavy atom. The van der Waals surface area contributed by atoms with E-state index >= 15 is 0 Å². The van der Waals surface area contributed by atoms with Gasteiger partial charge in [-0.25, -0.2) is 13.2 Å². The molecular weight excluding hydrogens is 305 g/mol. The van der Waals surface area contributed by atoms with E-state index in [1.54, 1.807) is 18.2 Å². The molecule has 2 aromatic rings. The third-order valence-corrected chi connectivity index (χ3v) is 3.66. The number of hydrogen-bond acceptors (Lipinski definition) is 2. The van der Waals surface area contributed by atoms with Gasteiger partial charge in [0.1, 0.15) is 13.2 Å². The second kappa shape index (κ2) is 5.48. The van der Waals surface area contributed by atoms with Crippen molar-refractivity contribution in [3.05, 3.63) is 58.9 Å². The van der Waals surface area contributed by atoms with Crippen LogP contribution >= 0.6 is 11.6 Å². The van der Waals surface area contributed by atoms with Gasteiger partial charge in [0.25, 0.3) is 0 Å². The molecule has 0 aromatic heterocycles. The molecule has 2 nitrogen and oxygen atoms in total. The molecule has 6 heteroatoms. The molecule has 0 N–H and O–H groups in total. The summed E-state index contributed by atoms with van der Waals surface area (Å²) < 4.78 is 50.3. The zero-order chi connectivity index (χ0) is 15.0. The summed E-state index contributed by atoms with van der Waals surface area (Å²) in [6.45, 7) is 0.883. The van der Waals surface area contributed by atoms with Crippen LogP contribution in [0.2, 0.25) is 0 Å². The first-order valence-corrected chi connectivity index (χ1v) is 6.68. The second-order valence-electron chi connectivity index (χ2n) is 4.56. The Labute approximate surface area is 124 Å². The van der Waals surface area contributed by atoms with Crippen LogP contribution in [0.3, 0.4) is 0 Å². The molecule has 0 saturated heterocycles. The van der Waals surface area contributed by atoms with Gasteiger partial charge in [0.05, 0.1) is 5.38 Å². The molecule has 1 unspecified atom stereocenters. The van der Waals surface area contributed by atoms with Crippen molar-refractivity contribution < 1.29 is 22.6 Å². The highest BCUT2D eigenvalue weighted by Crippen LogP contribution is 2.37. The van der Waals surface area contributed by atoms with Crippen LogP contribution in [-0.2, 0) is 0 Å². The first-order chi connectivity index (χ1) is 10.1. The van der Waals surface area contributed by atoms with Crippen molar-refractivity contribution in [2.24, 2.45) is 0 Å². The fourth-order valence-corrected chi connectivity index (χ4v) is 2.39. The van der Waals surface area contributed by atoms with Crippen LogP contribution in [-0.4, -0.2) is 13.2 Å². The van der Waals surface area contributed by atoms with Gasteiger partial charge in [-0.2, -0.15) is 0 Å². The Kier molecular flexibility index (Phi) is 3.68. The third kappa shape index (κ3) is 2.65. The average molecular weight is 315 g/mol. The van der Waals surface area contributed by atoms with E-state index in [1.165, 1.54) is 0 Å². The first kappa shape index (κ1) is 14.1. The lowest BCUT2D eigenvalue weighted by Crippen LogP contribution is -2.15. The van der Waals surface area contributed by atoms with Crippen LogP contribution < -0.4 is 9.47 Å². The predicted molar refractivity (Wildman–Crippen MR) is 71.4 cm³/mol. The van der Waals surface area contributed by atoms with Gasteiger partial charge >= 0.3 is 0 Å². The summed E-state index contributed by atoms with van der Waals surface area (Å²) in [5.74, 6) is -2.94. The van der Waals surface area contributed by atoms with Gasteiger partial charge in [-0.3, -0.25) is 0 Å². The number of halogens is 4. The predicted octanol–water partition coefficient (Wildman–Crippen LogP) is 4.20. The summed E-state index contributed by atoms with van der Waals surface area (Å²) in [4.78, 5) is 0. The molecule has 0 spiro atoms. The molecule has 3 rings (SSSR count). The molecule has 1 aliphatic rings. The molecule has 1 atom stereocenters. The summed E-state index contributed by atoms with van der Waals surface area (Å²) in [5, 5.41) is -0.828. The molecule has 0 bridgehead atoms. The maximum absolute atomic E-state index is 13.3. The van der Waals surface area contributed by atoms with E-state index in [9.17, 15) is 13.2 Å². The maximum atomic E-state index is 13.3. The highest BCUT2D eigenvalue weighted by atomic mass is 35.5. The molecule has 1 heterocycles. The maximum Gasteiger partial charge on any atom is 0.194 e. The zero-order valence-electron chi connectivity index (χ0n) is 10.7. The number of hydrogen-bond donors (Lipinski definition) is 0. The number of benzene rings is 2. The van der Waals surface area contributed by atoms with Gasteiger partial charge in [0.15, 0.2) is 29.0 Å². The van der Waals surface area contributed by atoms with Gasteiger partial charge in [0.2, 0.25) is 0 Å². The number of ether oxygens (including phenoxy) is 2. The fraction of sp³-hybridized carbons (Fsp3) is 0.200. The third-order valence-electron chi connectivity index (χ3n) is 3.16. The molecule has 0 aliphatic carbocycles. The lowest BCUT2D eigenvalue weighted by molar-refractivity contribution is 0.171. The fourth-order valence-electron chi connectivity index (χ4n) is 2.13. The van der Waals surface area contributed by atoms with Crippen LogP contribution in [0.25, 0.3) is 0 Å². The van der Waals surface area contributed by atoms with E-state index in [0.29, 0.717) is 30.3 Å². The Morgan fingerprint density at radius 3 is 2.14 bits per heavy atom. The molecular formula is C15H10ClF3O2. The van der Waals surface area contributed by atoms with Gasteiger partial charge in [0, 0.05) is 0 Å². The zero-order valence-corrected chi connectivity index (χ0v) is 11.5. The Bertz CT molecular complexity index is 668. The summed E-state index contributed by atoms with van der Waals surface area (Å²) >= 11 is 6.22. The summed E-state index contributed by atoms with van der Waals surface area (Å²) in [6, 6.07) is 6.75. The van der Waals surface area contributed by atoms with E-state index < -0.39 is 22.8 Å². The monoisotopic (exact) mass is 314 g/mol. The van der Waals surface area contributed by atoms with Crippen molar-refractivity contribution in [2.75, 3.05) is 13.2 Å². The molecule has 21 heavy (non-hydrogen) atoms. The molecule has 2 aromatic carbocycles. The second-order valence-corrected chi connectivity index (χ2v) is 5.00.